The smallest absolute Gasteiger partial charge is 0.328 e. The second kappa shape index (κ2) is 6.01. The zero-order valence-electron chi connectivity index (χ0n) is 11.9. The van der Waals surface area contributed by atoms with Gasteiger partial charge in [-0.2, -0.15) is 5.10 Å². The third-order valence-corrected chi connectivity index (χ3v) is 3.27. The summed E-state index contributed by atoms with van der Waals surface area (Å²) in [5.41, 5.74) is 2.26. The summed E-state index contributed by atoms with van der Waals surface area (Å²) < 4.78 is 7.62. The molecule has 110 valence electrons. The first kappa shape index (κ1) is 15.1. The molecule has 0 aliphatic heterocycles. The summed E-state index contributed by atoms with van der Waals surface area (Å²) in [7, 11) is 1.83. The maximum absolute atomic E-state index is 10.7. The molecule has 0 unspecified atom stereocenters. The van der Waals surface area contributed by atoms with E-state index < -0.39 is 5.97 Å². The van der Waals surface area contributed by atoms with Crippen molar-refractivity contribution in [1.29, 1.82) is 0 Å². The Kier molecular flexibility index (Phi) is 4.33. The summed E-state index contributed by atoms with van der Waals surface area (Å²) in [6, 6.07) is 5.03. The van der Waals surface area contributed by atoms with Gasteiger partial charge in [0.2, 0.25) is 0 Å². The van der Waals surface area contributed by atoms with Gasteiger partial charge in [-0.3, -0.25) is 4.68 Å². The number of carboxylic acids is 1. The Morgan fingerprint density at radius 1 is 1.43 bits per heavy atom. The second-order valence-electron chi connectivity index (χ2n) is 4.58. The number of ether oxygens (including phenoxy) is 1. The Labute approximate surface area is 127 Å². The normalized spacial score (nSPS) is 11.0. The van der Waals surface area contributed by atoms with Crippen molar-refractivity contribution in [3.63, 3.8) is 0 Å². The zero-order chi connectivity index (χ0) is 15.6. The monoisotopic (exact) mass is 306 g/mol. The zero-order valence-corrected chi connectivity index (χ0v) is 12.7. The van der Waals surface area contributed by atoms with Gasteiger partial charge < -0.3 is 9.84 Å². The van der Waals surface area contributed by atoms with E-state index in [4.69, 9.17) is 21.4 Å². The molecule has 0 saturated heterocycles. The summed E-state index contributed by atoms with van der Waals surface area (Å²) in [5.74, 6) is 0.105. The van der Waals surface area contributed by atoms with Crippen molar-refractivity contribution in [3.8, 4) is 11.5 Å². The van der Waals surface area contributed by atoms with Crippen LogP contribution in [0, 0.1) is 13.8 Å². The number of hydrogen-bond acceptors (Lipinski definition) is 3. The fourth-order valence-corrected chi connectivity index (χ4v) is 2.07. The highest BCUT2D eigenvalue weighted by atomic mass is 35.5. The third-order valence-electron chi connectivity index (χ3n) is 3.04. The number of rotatable bonds is 4. The van der Waals surface area contributed by atoms with Crippen molar-refractivity contribution in [2.45, 2.75) is 13.8 Å². The molecular formula is C15H15ClN2O3. The molecule has 0 aliphatic rings. The largest absolute Gasteiger partial charge is 0.478 e. The number of carbonyl (C=O) groups is 1. The lowest BCUT2D eigenvalue weighted by Crippen LogP contribution is -1.94. The second-order valence-corrected chi connectivity index (χ2v) is 5.02. The van der Waals surface area contributed by atoms with Crippen LogP contribution in [-0.4, -0.2) is 20.9 Å². The Morgan fingerprint density at radius 3 is 2.71 bits per heavy atom. The van der Waals surface area contributed by atoms with Gasteiger partial charge in [-0.25, -0.2) is 4.79 Å². The molecule has 2 rings (SSSR count). The molecule has 0 spiro atoms. The van der Waals surface area contributed by atoms with Gasteiger partial charge in [0.25, 0.3) is 0 Å². The van der Waals surface area contributed by atoms with Crippen LogP contribution in [-0.2, 0) is 11.8 Å². The molecule has 1 heterocycles. The van der Waals surface area contributed by atoms with Crippen LogP contribution in [0.25, 0.3) is 6.08 Å². The van der Waals surface area contributed by atoms with Crippen LogP contribution in [0.3, 0.4) is 0 Å². The molecule has 1 aromatic heterocycles. The van der Waals surface area contributed by atoms with Gasteiger partial charge in [0, 0.05) is 29.8 Å². The van der Waals surface area contributed by atoms with E-state index in [-0.39, 0.29) is 0 Å². The van der Waals surface area contributed by atoms with Crippen molar-refractivity contribution >= 4 is 23.6 Å². The lowest BCUT2D eigenvalue weighted by Gasteiger charge is -2.09. The molecule has 0 amide bonds. The van der Waals surface area contributed by atoms with Gasteiger partial charge in [0.05, 0.1) is 5.69 Å². The molecule has 0 radical (unpaired) electrons. The molecule has 21 heavy (non-hydrogen) atoms. The van der Waals surface area contributed by atoms with E-state index >= 15 is 0 Å². The summed E-state index contributed by atoms with van der Waals surface area (Å²) in [4.78, 5) is 10.7. The van der Waals surface area contributed by atoms with Gasteiger partial charge in [-0.15, -0.1) is 0 Å². The Bertz CT molecular complexity index is 720. The lowest BCUT2D eigenvalue weighted by atomic mass is 10.2. The molecule has 0 bridgehead atoms. The number of benzene rings is 1. The minimum absolute atomic E-state index is 0.485. The topological polar surface area (TPSA) is 64.4 Å². The third kappa shape index (κ3) is 3.44. The maximum atomic E-state index is 10.7. The van der Waals surface area contributed by atoms with Crippen molar-refractivity contribution in [1.82, 2.24) is 9.78 Å². The highest BCUT2D eigenvalue weighted by molar-refractivity contribution is 6.30. The van der Waals surface area contributed by atoms with E-state index in [2.05, 4.69) is 5.10 Å². The molecule has 1 aromatic carbocycles. The molecule has 2 aromatic rings. The van der Waals surface area contributed by atoms with Crippen LogP contribution in [0.1, 0.15) is 17.0 Å². The van der Waals surface area contributed by atoms with Gasteiger partial charge in [-0.1, -0.05) is 11.6 Å². The minimum atomic E-state index is -1.02. The Morgan fingerprint density at radius 2 is 2.14 bits per heavy atom. The number of aryl methyl sites for hydroxylation is 2. The minimum Gasteiger partial charge on any atom is -0.478 e. The van der Waals surface area contributed by atoms with Gasteiger partial charge in [0.1, 0.15) is 11.4 Å². The van der Waals surface area contributed by atoms with E-state index in [1.54, 1.807) is 22.9 Å². The number of halogens is 1. The van der Waals surface area contributed by atoms with Crippen LogP contribution in [0.5, 0.6) is 11.5 Å². The van der Waals surface area contributed by atoms with Crippen LogP contribution >= 0.6 is 11.6 Å². The van der Waals surface area contributed by atoms with E-state index in [0.29, 0.717) is 22.1 Å². The van der Waals surface area contributed by atoms with Gasteiger partial charge in [-0.05, 0) is 32.1 Å². The molecule has 0 saturated carbocycles. The number of aliphatic carboxylic acids is 1. The van der Waals surface area contributed by atoms with Crippen LogP contribution in [0.2, 0.25) is 5.02 Å². The molecule has 0 aliphatic carbocycles. The predicted molar refractivity (Wildman–Crippen MR) is 80.9 cm³/mol. The number of aromatic nitrogens is 2. The first-order valence-corrected chi connectivity index (χ1v) is 6.65. The standard InChI is InChI=1S/C15H15ClN2O3/c1-9-15(10(2)18(3)17-9)21-13-8-12(16)6-4-11(13)5-7-14(19)20/h4-8H,1-3H3,(H,19,20)/b7-5+. The number of carboxylic acid groups (broad SMARTS) is 1. The van der Waals surface area contributed by atoms with E-state index in [0.717, 1.165) is 17.5 Å². The number of hydrogen-bond donors (Lipinski definition) is 1. The van der Waals surface area contributed by atoms with E-state index in [1.165, 1.54) is 6.08 Å². The van der Waals surface area contributed by atoms with Crippen molar-refractivity contribution in [3.05, 3.63) is 46.2 Å². The maximum Gasteiger partial charge on any atom is 0.328 e. The average molecular weight is 307 g/mol. The lowest BCUT2D eigenvalue weighted by molar-refractivity contribution is -0.131. The van der Waals surface area contributed by atoms with Crippen molar-refractivity contribution in [2.75, 3.05) is 0 Å². The van der Waals surface area contributed by atoms with E-state index in [1.807, 2.05) is 20.9 Å². The van der Waals surface area contributed by atoms with Gasteiger partial charge >= 0.3 is 5.97 Å². The highest BCUT2D eigenvalue weighted by Crippen LogP contribution is 2.32. The molecule has 0 fully saturated rings. The first-order valence-electron chi connectivity index (χ1n) is 6.27. The summed E-state index contributed by atoms with van der Waals surface area (Å²) in [6.45, 7) is 3.74. The summed E-state index contributed by atoms with van der Waals surface area (Å²) in [6.07, 6.45) is 2.52. The summed E-state index contributed by atoms with van der Waals surface area (Å²) in [5, 5.41) is 13.5. The average Bonchev–Trinajstić information content (AvgIpc) is 2.64. The van der Waals surface area contributed by atoms with Gasteiger partial charge in [0.15, 0.2) is 5.75 Å². The molecule has 0 atom stereocenters. The molecular weight excluding hydrogens is 292 g/mol. The molecule has 1 N–H and O–H groups in total. The van der Waals surface area contributed by atoms with Crippen LogP contribution in [0.15, 0.2) is 24.3 Å². The number of nitrogens with zero attached hydrogens (tertiary/aromatic N) is 2. The molecule has 6 heteroatoms. The Hall–Kier alpha value is -2.27. The first-order chi connectivity index (χ1) is 9.88. The SMILES string of the molecule is Cc1nn(C)c(C)c1Oc1cc(Cl)ccc1/C=C/C(=O)O. The predicted octanol–water partition coefficient (Wildman–Crippen LogP) is 3.58. The summed E-state index contributed by atoms with van der Waals surface area (Å²) >= 11 is 5.99. The van der Waals surface area contributed by atoms with Crippen molar-refractivity contribution < 1.29 is 14.6 Å². The highest BCUT2D eigenvalue weighted by Gasteiger charge is 2.13. The van der Waals surface area contributed by atoms with E-state index in [9.17, 15) is 4.79 Å². The molecule has 5 nitrogen and oxygen atoms in total. The van der Waals surface area contributed by atoms with Crippen LogP contribution < -0.4 is 4.74 Å². The quantitative estimate of drug-likeness (QED) is 0.877. The van der Waals surface area contributed by atoms with Crippen LogP contribution in [0.4, 0.5) is 0 Å². The fourth-order valence-electron chi connectivity index (χ4n) is 1.91. The fraction of sp³-hybridized carbons (Fsp3) is 0.200. The van der Waals surface area contributed by atoms with Crippen molar-refractivity contribution in [2.24, 2.45) is 7.05 Å². The Balaban J connectivity index is 2.43.